The molecule has 0 aliphatic rings. The van der Waals surface area contributed by atoms with Gasteiger partial charge in [0, 0.05) is 37.9 Å². The van der Waals surface area contributed by atoms with E-state index in [9.17, 15) is 4.79 Å². The SMILES string of the molecule is O=C(NCCn1cccc1)c1cccnc1. The fraction of sp³-hybridized carbons (Fsp3) is 0.167. The number of hydrogen-bond acceptors (Lipinski definition) is 2. The van der Waals surface area contributed by atoms with Crippen molar-refractivity contribution in [3.63, 3.8) is 0 Å². The molecule has 82 valence electrons. The summed E-state index contributed by atoms with van der Waals surface area (Å²) in [6.07, 6.45) is 7.15. The van der Waals surface area contributed by atoms with Crippen molar-refractivity contribution < 1.29 is 4.79 Å². The Balaban J connectivity index is 1.81. The maximum Gasteiger partial charge on any atom is 0.252 e. The Hall–Kier alpha value is -2.10. The van der Waals surface area contributed by atoms with Gasteiger partial charge in [-0.25, -0.2) is 0 Å². The third-order valence-electron chi connectivity index (χ3n) is 2.25. The van der Waals surface area contributed by atoms with Gasteiger partial charge in [0.25, 0.3) is 5.91 Å². The van der Waals surface area contributed by atoms with E-state index in [4.69, 9.17) is 0 Å². The van der Waals surface area contributed by atoms with Crippen LogP contribution in [0.15, 0.2) is 49.1 Å². The summed E-state index contributed by atoms with van der Waals surface area (Å²) in [5.74, 6) is -0.0831. The van der Waals surface area contributed by atoms with Gasteiger partial charge in [-0.15, -0.1) is 0 Å². The highest BCUT2D eigenvalue weighted by atomic mass is 16.1. The van der Waals surface area contributed by atoms with Crippen LogP contribution in [0.4, 0.5) is 0 Å². The van der Waals surface area contributed by atoms with E-state index >= 15 is 0 Å². The van der Waals surface area contributed by atoms with E-state index < -0.39 is 0 Å². The van der Waals surface area contributed by atoms with Crippen molar-refractivity contribution >= 4 is 5.91 Å². The van der Waals surface area contributed by atoms with Crippen molar-refractivity contribution in [1.82, 2.24) is 14.9 Å². The average molecular weight is 215 g/mol. The van der Waals surface area contributed by atoms with Crippen LogP contribution in [0.1, 0.15) is 10.4 Å². The van der Waals surface area contributed by atoms with Crippen molar-refractivity contribution in [2.45, 2.75) is 6.54 Å². The normalized spacial score (nSPS) is 10.0. The second kappa shape index (κ2) is 5.11. The number of rotatable bonds is 4. The zero-order chi connectivity index (χ0) is 11.2. The lowest BCUT2D eigenvalue weighted by Crippen LogP contribution is -2.26. The standard InChI is InChI=1S/C12H13N3O/c16-12(11-4-3-5-13-10-11)14-6-9-15-7-1-2-8-15/h1-5,7-8,10H,6,9H2,(H,14,16). The second-order valence-corrected chi connectivity index (χ2v) is 3.42. The molecule has 0 atom stereocenters. The lowest BCUT2D eigenvalue weighted by Gasteiger charge is -2.05. The Bertz CT molecular complexity index is 437. The minimum absolute atomic E-state index is 0.0831. The predicted octanol–water partition coefficient (Wildman–Crippen LogP) is 1.31. The van der Waals surface area contributed by atoms with Gasteiger partial charge in [0.05, 0.1) is 5.56 Å². The Labute approximate surface area is 93.9 Å². The molecule has 2 rings (SSSR count). The number of aromatic nitrogens is 2. The molecular formula is C12H13N3O. The van der Waals surface area contributed by atoms with Gasteiger partial charge in [0.1, 0.15) is 0 Å². The molecule has 1 amide bonds. The number of nitrogens with one attached hydrogen (secondary N) is 1. The van der Waals surface area contributed by atoms with Gasteiger partial charge in [-0.3, -0.25) is 9.78 Å². The maximum atomic E-state index is 11.6. The van der Waals surface area contributed by atoms with E-state index in [0.717, 1.165) is 6.54 Å². The number of carbonyl (C=O) groups excluding carboxylic acids is 1. The monoisotopic (exact) mass is 215 g/mol. The maximum absolute atomic E-state index is 11.6. The number of hydrogen-bond donors (Lipinski definition) is 1. The highest BCUT2D eigenvalue weighted by Gasteiger charge is 2.03. The van der Waals surface area contributed by atoms with Crippen molar-refractivity contribution in [3.05, 3.63) is 54.6 Å². The van der Waals surface area contributed by atoms with Crippen LogP contribution in [0.2, 0.25) is 0 Å². The van der Waals surface area contributed by atoms with E-state index in [1.54, 1.807) is 24.5 Å². The number of nitrogens with zero attached hydrogens (tertiary/aromatic N) is 2. The van der Waals surface area contributed by atoms with Crippen molar-refractivity contribution in [1.29, 1.82) is 0 Å². The number of pyridine rings is 1. The molecule has 4 heteroatoms. The summed E-state index contributed by atoms with van der Waals surface area (Å²) in [5, 5.41) is 2.84. The molecule has 4 nitrogen and oxygen atoms in total. The Kier molecular flexibility index (Phi) is 3.33. The summed E-state index contributed by atoms with van der Waals surface area (Å²) < 4.78 is 2.02. The first kappa shape index (κ1) is 10.4. The van der Waals surface area contributed by atoms with Gasteiger partial charge >= 0.3 is 0 Å². The molecule has 0 spiro atoms. The van der Waals surface area contributed by atoms with Gasteiger partial charge in [-0.05, 0) is 24.3 Å². The van der Waals surface area contributed by atoms with Crippen molar-refractivity contribution in [2.75, 3.05) is 6.54 Å². The largest absolute Gasteiger partial charge is 0.353 e. The van der Waals surface area contributed by atoms with E-state index in [0.29, 0.717) is 12.1 Å². The first-order valence-electron chi connectivity index (χ1n) is 5.15. The van der Waals surface area contributed by atoms with E-state index in [2.05, 4.69) is 10.3 Å². The first-order chi connectivity index (χ1) is 7.86. The average Bonchev–Trinajstić information content (AvgIpc) is 2.83. The van der Waals surface area contributed by atoms with Crippen LogP contribution in [0.25, 0.3) is 0 Å². The minimum atomic E-state index is -0.0831. The predicted molar refractivity (Wildman–Crippen MR) is 61.0 cm³/mol. The molecule has 0 bridgehead atoms. The molecule has 2 aromatic rings. The van der Waals surface area contributed by atoms with Crippen molar-refractivity contribution in [3.8, 4) is 0 Å². The third-order valence-corrected chi connectivity index (χ3v) is 2.25. The van der Waals surface area contributed by atoms with Crippen LogP contribution in [0.5, 0.6) is 0 Å². The van der Waals surface area contributed by atoms with Crippen LogP contribution in [0.3, 0.4) is 0 Å². The molecule has 0 saturated carbocycles. The lowest BCUT2D eigenvalue weighted by atomic mass is 10.3. The molecule has 0 radical (unpaired) electrons. The molecule has 2 heterocycles. The first-order valence-corrected chi connectivity index (χ1v) is 5.15. The Morgan fingerprint density at radius 3 is 2.81 bits per heavy atom. The summed E-state index contributed by atoms with van der Waals surface area (Å²) in [7, 11) is 0. The van der Waals surface area contributed by atoms with E-state index in [-0.39, 0.29) is 5.91 Å². The fourth-order valence-electron chi connectivity index (χ4n) is 1.42. The van der Waals surface area contributed by atoms with E-state index in [1.807, 2.05) is 29.1 Å². The second-order valence-electron chi connectivity index (χ2n) is 3.42. The molecule has 0 aliphatic heterocycles. The quantitative estimate of drug-likeness (QED) is 0.836. The molecule has 0 saturated heterocycles. The zero-order valence-corrected chi connectivity index (χ0v) is 8.84. The number of carbonyl (C=O) groups is 1. The lowest BCUT2D eigenvalue weighted by molar-refractivity contribution is 0.0952. The van der Waals surface area contributed by atoms with Crippen LogP contribution in [-0.4, -0.2) is 22.0 Å². The summed E-state index contributed by atoms with van der Waals surface area (Å²) in [4.78, 5) is 15.5. The molecule has 0 aromatic carbocycles. The smallest absolute Gasteiger partial charge is 0.252 e. The number of amides is 1. The molecular weight excluding hydrogens is 202 g/mol. The molecule has 0 unspecified atom stereocenters. The summed E-state index contributed by atoms with van der Waals surface area (Å²) in [6, 6.07) is 7.42. The zero-order valence-electron chi connectivity index (χ0n) is 8.84. The topological polar surface area (TPSA) is 46.9 Å². The van der Waals surface area contributed by atoms with Gasteiger partial charge < -0.3 is 9.88 Å². The molecule has 0 fully saturated rings. The minimum Gasteiger partial charge on any atom is -0.353 e. The summed E-state index contributed by atoms with van der Waals surface area (Å²) in [6.45, 7) is 1.39. The fourth-order valence-corrected chi connectivity index (χ4v) is 1.42. The van der Waals surface area contributed by atoms with Gasteiger partial charge in [-0.1, -0.05) is 0 Å². The van der Waals surface area contributed by atoms with Crippen molar-refractivity contribution in [2.24, 2.45) is 0 Å². The summed E-state index contributed by atoms with van der Waals surface area (Å²) >= 11 is 0. The van der Waals surface area contributed by atoms with Crippen LogP contribution in [0, 0.1) is 0 Å². The van der Waals surface area contributed by atoms with Gasteiger partial charge in [-0.2, -0.15) is 0 Å². The molecule has 1 N–H and O–H groups in total. The van der Waals surface area contributed by atoms with Crippen LogP contribution in [-0.2, 0) is 6.54 Å². The molecule has 0 aliphatic carbocycles. The highest BCUT2D eigenvalue weighted by Crippen LogP contribution is 1.95. The highest BCUT2D eigenvalue weighted by molar-refractivity contribution is 5.93. The van der Waals surface area contributed by atoms with Gasteiger partial charge in [0.2, 0.25) is 0 Å². The van der Waals surface area contributed by atoms with Gasteiger partial charge in [0.15, 0.2) is 0 Å². The molecule has 16 heavy (non-hydrogen) atoms. The summed E-state index contributed by atoms with van der Waals surface area (Å²) in [5.41, 5.74) is 0.593. The third kappa shape index (κ3) is 2.70. The van der Waals surface area contributed by atoms with Crippen LogP contribution < -0.4 is 5.32 Å². The molecule has 2 aromatic heterocycles. The van der Waals surface area contributed by atoms with E-state index in [1.165, 1.54) is 0 Å². The Morgan fingerprint density at radius 2 is 2.12 bits per heavy atom. The Morgan fingerprint density at radius 1 is 1.31 bits per heavy atom. The van der Waals surface area contributed by atoms with Crippen LogP contribution >= 0.6 is 0 Å².